The number of ether oxygens (including phenoxy) is 2. The molecule has 0 aromatic heterocycles. The number of fused-ring (bicyclic) bond motifs is 1. The van der Waals surface area contributed by atoms with Crippen molar-refractivity contribution in [3.63, 3.8) is 0 Å². The van der Waals surface area contributed by atoms with Gasteiger partial charge >= 0.3 is 12.1 Å². The van der Waals surface area contributed by atoms with E-state index >= 15 is 0 Å². The van der Waals surface area contributed by atoms with Crippen LogP contribution in [0.4, 0.5) is 4.79 Å². The summed E-state index contributed by atoms with van der Waals surface area (Å²) in [6, 6.07) is 26.3. The largest absolute Gasteiger partial charge is 0.463 e. The van der Waals surface area contributed by atoms with Gasteiger partial charge in [0.1, 0.15) is 13.2 Å². The molecule has 0 spiro atoms. The van der Waals surface area contributed by atoms with Gasteiger partial charge in [-0.2, -0.15) is 0 Å². The van der Waals surface area contributed by atoms with Crippen LogP contribution in [0.15, 0.2) is 97.1 Å². The lowest BCUT2D eigenvalue weighted by Crippen LogP contribution is -2.48. The molecule has 0 aliphatic carbocycles. The average molecular weight is 696 g/mol. The number of alkyl carbamates (subject to hydrolysis) is 1. The Morgan fingerprint density at radius 2 is 1.53 bits per heavy atom. The molecule has 2 heterocycles. The van der Waals surface area contributed by atoms with Crippen LogP contribution in [0.25, 0.3) is 0 Å². The fourth-order valence-corrected chi connectivity index (χ4v) is 6.63. The molecule has 2 aliphatic heterocycles. The van der Waals surface area contributed by atoms with E-state index in [9.17, 15) is 24.3 Å². The number of carbonyl (C=O) groups excluding carboxylic acids is 4. The molecule has 0 fully saturated rings. The van der Waals surface area contributed by atoms with Crippen LogP contribution in [-0.2, 0) is 49.9 Å². The monoisotopic (exact) mass is 695 g/mol. The summed E-state index contributed by atoms with van der Waals surface area (Å²) >= 11 is 0. The molecule has 270 valence electrons. The number of hydrogen-bond acceptors (Lipinski definition) is 7. The SMILES string of the molecule is O=C(NCCCCC1COC(=O)C(Cc2ccccc2)CC=CCC(CC(=O)N2Cc3ccccc3CC2CO)C(=O)N1)OCc1ccccc1. The van der Waals surface area contributed by atoms with E-state index in [1.54, 1.807) is 4.90 Å². The van der Waals surface area contributed by atoms with E-state index in [2.05, 4.69) is 10.6 Å². The number of amides is 3. The first kappa shape index (κ1) is 37.3. The van der Waals surface area contributed by atoms with Crippen molar-refractivity contribution >= 4 is 23.9 Å². The smallest absolute Gasteiger partial charge is 0.407 e. The number of cyclic esters (lactones) is 1. The molecule has 0 bridgehead atoms. The highest BCUT2D eigenvalue weighted by atomic mass is 16.5. The lowest BCUT2D eigenvalue weighted by atomic mass is 9.91. The number of rotatable bonds is 12. The minimum absolute atomic E-state index is 0.00227. The number of esters is 1. The highest BCUT2D eigenvalue weighted by molar-refractivity contribution is 5.86. The van der Waals surface area contributed by atoms with E-state index < -0.39 is 24.0 Å². The van der Waals surface area contributed by atoms with Gasteiger partial charge < -0.3 is 30.1 Å². The predicted molar refractivity (Wildman–Crippen MR) is 193 cm³/mol. The zero-order valence-corrected chi connectivity index (χ0v) is 29.1. The maximum Gasteiger partial charge on any atom is 0.407 e. The van der Waals surface area contributed by atoms with Crippen LogP contribution in [-0.4, -0.2) is 65.7 Å². The van der Waals surface area contributed by atoms with Gasteiger partial charge in [-0.05, 0) is 67.2 Å². The second-order valence-corrected chi connectivity index (χ2v) is 13.4. The summed E-state index contributed by atoms with van der Waals surface area (Å²) in [4.78, 5) is 54.7. The second kappa shape index (κ2) is 19.4. The Labute approximate surface area is 300 Å². The molecule has 0 saturated carbocycles. The number of aliphatic hydroxyl groups is 1. The van der Waals surface area contributed by atoms with Crippen LogP contribution in [0, 0.1) is 11.8 Å². The minimum Gasteiger partial charge on any atom is -0.463 e. The molecule has 3 N–H and O–H groups in total. The highest BCUT2D eigenvalue weighted by Gasteiger charge is 2.33. The van der Waals surface area contributed by atoms with Gasteiger partial charge in [0.05, 0.1) is 30.5 Å². The molecule has 10 nitrogen and oxygen atoms in total. The van der Waals surface area contributed by atoms with E-state index in [4.69, 9.17) is 9.47 Å². The molecule has 5 rings (SSSR count). The van der Waals surface area contributed by atoms with Gasteiger partial charge in [-0.1, -0.05) is 97.1 Å². The lowest BCUT2D eigenvalue weighted by Gasteiger charge is -2.36. The van der Waals surface area contributed by atoms with Crippen molar-refractivity contribution in [1.29, 1.82) is 0 Å². The average Bonchev–Trinajstić information content (AvgIpc) is 3.16. The minimum atomic E-state index is -0.642. The molecule has 3 amide bonds. The van der Waals surface area contributed by atoms with Gasteiger partial charge in [0.2, 0.25) is 11.8 Å². The Bertz CT molecular complexity index is 1610. The number of carbonyl (C=O) groups is 4. The Kier molecular flexibility index (Phi) is 14.2. The summed E-state index contributed by atoms with van der Waals surface area (Å²) in [6.07, 6.45) is 6.92. The van der Waals surface area contributed by atoms with Crippen molar-refractivity contribution in [2.24, 2.45) is 11.8 Å². The van der Waals surface area contributed by atoms with Crippen molar-refractivity contribution in [2.75, 3.05) is 19.8 Å². The zero-order valence-electron chi connectivity index (χ0n) is 29.1. The summed E-state index contributed by atoms with van der Waals surface area (Å²) in [5.74, 6) is -1.82. The number of unbranched alkanes of at least 4 members (excludes halogenated alkanes) is 1. The topological polar surface area (TPSA) is 134 Å². The summed E-state index contributed by atoms with van der Waals surface area (Å²) in [5.41, 5.74) is 4.10. The van der Waals surface area contributed by atoms with Crippen LogP contribution in [0.2, 0.25) is 0 Å². The van der Waals surface area contributed by atoms with Gasteiger partial charge in [-0.15, -0.1) is 0 Å². The van der Waals surface area contributed by atoms with Gasteiger partial charge in [-0.3, -0.25) is 14.4 Å². The van der Waals surface area contributed by atoms with Crippen LogP contribution in [0.5, 0.6) is 0 Å². The van der Waals surface area contributed by atoms with Crippen LogP contribution >= 0.6 is 0 Å². The number of allylic oxidation sites excluding steroid dienone is 2. The van der Waals surface area contributed by atoms with E-state index in [1.165, 1.54) is 0 Å². The molecule has 0 saturated heterocycles. The van der Waals surface area contributed by atoms with Gasteiger partial charge in [-0.25, -0.2) is 4.79 Å². The first-order valence-corrected chi connectivity index (χ1v) is 18.0. The number of nitrogens with one attached hydrogen (secondary N) is 2. The molecule has 3 aromatic carbocycles. The van der Waals surface area contributed by atoms with Gasteiger partial charge in [0.15, 0.2) is 0 Å². The fraction of sp³-hybridized carbons (Fsp3) is 0.415. The number of hydrogen-bond donors (Lipinski definition) is 3. The first-order valence-electron chi connectivity index (χ1n) is 18.0. The quantitative estimate of drug-likeness (QED) is 0.134. The molecular weight excluding hydrogens is 646 g/mol. The molecule has 10 heteroatoms. The Morgan fingerprint density at radius 1 is 0.863 bits per heavy atom. The third kappa shape index (κ3) is 11.5. The van der Waals surface area contributed by atoms with Crippen molar-refractivity contribution in [2.45, 2.75) is 76.6 Å². The van der Waals surface area contributed by atoms with E-state index in [0.29, 0.717) is 58.0 Å². The highest BCUT2D eigenvalue weighted by Crippen LogP contribution is 2.26. The summed E-state index contributed by atoms with van der Waals surface area (Å²) in [7, 11) is 0. The van der Waals surface area contributed by atoms with Crippen molar-refractivity contribution < 1.29 is 33.8 Å². The first-order chi connectivity index (χ1) is 24.9. The summed E-state index contributed by atoms with van der Waals surface area (Å²) in [5, 5.41) is 16.0. The van der Waals surface area contributed by atoms with E-state index in [-0.39, 0.29) is 50.1 Å². The Hall–Kier alpha value is -4.96. The maximum atomic E-state index is 13.8. The predicted octanol–water partition coefficient (Wildman–Crippen LogP) is 5.27. The third-order valence-electron chi connectivity index (χ3n) is 9.58. The van der Waals surface area contributed by atoms with Gasteiger partial charge in [0, 0.05) is 19.5 Å². The number of nitrogens with zero attached hydrogens (tertiary/aromatic N) is 1. The summed E-state index contributed by atoms with van der Waals surface area (Å²) in [6.45, 7) is 0.801. The van der Waals surface area contributed by atoms with Crippen molar-refractivity contribution in [1.82, 2.24) is 15.5 Å². The summed E-state index contributed by atoms with van der Waals surface area (Å²) < 4.78 is 11.1. The maximum absolute atomic E-state index is 13.8. The van der Waals surface area contributed by atoms with Crippen LogP contribution in [0.3, 0.4) is 0 Å². The Morgan fingerprint density at radius 3 is 2.25 bits per heavy atom. The molecule has 0 radical (unpaired) electrons. The fourth-order valence-electron chi connectivity index (χ4n) is 6.63. The van der Waals surface area contributed by atoms with Crippen molar-refractivity contribution in [3.05, 3.63) is 119 Å². The van der Waals surface area contributed by atoms with Crippen molar-refractivity contribution in [3.8, 4) is 0 Å². The lowest BCUT2D eigenvalue weighted by molar-refractivity contribution is -0.150. The van der Waals surface area contributed by atoms with Crippen LogP contribution < -0.4 is 10.6 Å². The zero-order chi connectivity index (χ0) is 35.8. The standard InChI is InChI=1S/C41H49N3O7/c45-27-37-24-32-17-7-10-20-35(32)26-44(37)38(46)25-33-18-8-9-19-34(23-30-13-3-1-4-14-30)40(48)50-29-36(43-39(33)47)21-11-12-22-42-41(49)51-28-31-15-5-2-6-16-31/h1-10,13-17,20,33-34,36-37,45H,11-12,18-19,21-29H2,(H,42,49)(H,43,47). The molecule has 51 heavy (non-hydrogen) atoms. The van der Waals surface area contributed by atoms with Gasteiger partial charge in [0.25, 0.3) is 0 Å². The molecule has 4 unspecified atom stereocenters. The number of aliphatic hydroxyl groups excluding tert-OH is 1. The molecule has 3 aromatic rings. The third-order valence-corrected chi connectivity index (χ3v) is 9.58. The second-order valence-electron chi connectivity index (χ2n) is 13.4. The number of benzene rings is 3. The molecule has 2 aliphatic rings. The Balaban J connectivity index is 1.22. The normalized spacial score (nSPS) is 20.9. The molecular formula is C41H49N3O7. The van der Waals surface area contributed by atoms with Crippen LogP contribution in [0.1, 0.15) is 60.8 Å². The van der Waals surface area contributed by atoms with E-state index in [0.717, 1.165) is 22.3 Å². The van der Waals surface area contributed by atoms with E-state index in [1.807, 2.05) is 97.1 Å². The molecule has 4 atom stereocenters.